The number of rotatable bonds is 3. The van der Waals surface area contributed by atoms with Crippen LogP contribution in [0.5, 0.6) is 0 Å². The van der Waals surface area contributed by atoms with E-state index in [2.05, 4.69) is 11.9 Å². The lowest BCUT2D eigenvalue weighted by Crippen LogP contribution is -2.07. The molecule has 0 unspecified atom stereocenters. The summed E-state index contributed by atoms with van der Waals surface area (Å²) in [5.41, 5.74) is 1.62. The van der Waals surface area contributed by atoms with Gasteiger partial charge >= 0.3 is 0 Å². The smallest absolute Gasteiger partial charge is 0.113 e. The number of para-hydroxylation sites is 1. The van der Waals surface area contributed by atoms with E-state index in [1.165, 1.54) is 0 Å². The normalized spacial score (nSPS) is 11.0. The van der Waals surface area contributed by atoms with Gasteiger partial charge in [-0.15, -0.1) is 0 Å². The first-order valence-corrected chi connectivity index (χ1v) is 5.27. The molecule has 86 valence electrons. The van der Waals surface area contributed by atoms with Crippen LogP contribution in [0.2, 0.25) is 0 Å². The fourth-order valence-corrected chi connectivity index (χ4v) is 1.91. The molecule has 0 spiro atoms. The van der Waals surface area contributed by atoms with Crippen molar-refractivity contribution in [2.24, 2.45) is 0 Å². The molecule has 0 bridgehead atoms. The highest BCUT2D eigenvalue weighted by Crippen LogP contribution is 2.25. The molecule has 0 fully saturated rings. The average molecular weight is 220 g/mol. The summed E-state index contributed by atoms with van der Waals surface area (Å²) < 4.78 is 2.04. The zero-order chi connectivity index (χ0) is 11.7. The Hall–Kier alpha value is -1.59. The van der Waals surface area contributed by atoms with Crippen molar-refractivity contribution in [1.82, 2.24) is 9.55 Å². The number of hydrogen-bond donors (Lipinski definition) is 1. The Bertz CT molecular complexity index is 505. The highest BCUT2D eigenvalue weighted by molar-refractivity contribution is 5.89. The van der Waals surface area contributed by atoms with Crippen molar-refractivity contribution in [1.29, 1.82) is 0 Å². The van der Waals surface area contributed by atoms with E-state index in [0.29, 0.717) is 5.52 Å². The molecule has 0 radical (unpaired) electrons. The van der Waals surface area contributed by atoms with E-state index in [0.717, 1.165) is 24.3 Å². The Balaban J connectivity index is 2.67. The second-order valence-electron chi connectivity index (χ2n) is 3.73. The fraction of sp³-hybridized carbons (Fsp3) is 0.364. The number of fused-ring (bicyclic) bond motifs is 1. The van der Waals surface area contributed by atoms with Crippen LogP contribution in [-0.4, -0.2) is 14.8 Å². The van der Waals surface area contributed by atoms with Gasteiger partial charge in [0.2, 0.25) is 0 Å². The van der Waals surface area contributed by atoms with Gasteiger partial charge in [0.1, 0.15) is 11.3 Å². The van der Waals surface area contributed by atoms with Crippen LogP contribution in [0.15, 0.2) is 18.2 Å². The number of aryl methyl sites for hydroxylation is 2. The van der Waals surface area contributed by atoms with E-state index in [4.69, 9.17) is 5.21 Å². The number of imidazole rings is 1. The Labute approximate surface area is 93.5 Å². The SMILES string of the molecule is CCCn1c(C)nc2c(N([O-])O)cccc21. The van der Waals surface area contributed by atoms with Gasteiger partial charge in [-0.2, -0.15) is 0 Å². The molecule has 0 amide bonds. The third kappa shape index (κ3) is 1.64. The van der Waals surface area contributed by atoms with Crippen molar-refractivity contribution in [3.63, 3.8) is 0 Å². The van der Waals surface area contributed by atoms with Gasteiger partial charge in [0.05, 0.1) is 11.2 Å². The molecule has 0 saturated carbocycles. The number of nitrogens with zero attached hydrogens (tertiary/aromatic N) is 3. The summed E-state index contributed by atoms with van der Waals surface area (Å²) in [4.78, 5) is 4.31. The molecule has 2 aromatic rings. The first-order chi connectivity index (χ1) is 7.65. The Kier molecular flexibility index (Phi) is 2.80. The molecular formula is C11H14N3O2-. The van der Waals surface area contributed by atoms with E-state index < -0.39 is 0 Å². The van der Waals surface area contributed by atoms with Crippen LogP contribution in [0, 0.1) is 12.1 Å². The second kappa shape index (κ2) is 4.11. The summed E-state index contributed by atoms with van der Waals surface area (Å²) in [6.07, 6.45) is 0.997. The number of aromatic nitrogens is 2. The van der Waals surface area contributed by atoms with Crippen LogP contribution >= 0.6 is 0 Å². The number of hydrogen-bond acceptors (Lipinski definition) is 4. The molecule has 0 aliphatic heterocycles. The number of anilines is 1. The molecule has 0 saturated heterocycles. The zero-order valence-corrected chi connectivity index (χ0v) is 9.34. The lowest BCUT2D eigenvalue weighted by Gasteiger charge is -2.21. The molecular weight excluding hydrogens is 206 g/mol. The first kappa shape index (κ1) is 10.9. The molecule has 1 aromatic heterocycles. The minimum atomic E-state index is -0.134. The lowest BCUT2D eigenvalue weighted by atomic mass is 10.2. The maximum Gasteiger partial charge on any atom is 0.113 e. The van der Waals surface area contributed by atoms with E-state index in [1.807, 2.05) is 17.6 Å². The lowest BCUT2D eigenvalue weighted by molar-refractivity contribution is 0.297. The average Bonchev–Trinajstić information content (AvgIpc) is 2.56. The summed E-state index contributed by atoms with van der Waals surface area (Å²) in [5.74, 6) is 0.853. The Morgan fingerprint density at radius 2 is 2.25 bits per heavy atom. The standard InChI is InChI=1S/C11H14N3O2/c1-3-7-13-8(2)12-11-9(13)5-4-6-10(11)14(15)16/h4-6,15H,3,7H2,1-2H3/q-1. The molecule has 5 nitrogen and oxygen atoms in total. The molecule has 1 aromatic carbocycles. The number of benzene rings is 1. The van der Waals surface area contributed by atoms with Crippen LogP contribution in [-0.2, 0) is 6.54 Å². The molecule has 16 heavy (non-hydrogen) atoms. The molecule has 5 heteroatoms. The summed E-state index contributed by atoms with van der Waals surface area (Å²) >= 11 is 0. The maximum atomic E-state index is 11.0. The Morgan fingerprint density at radius 1 is 1.50 bits per heavy atom. The first-order valence-electron chi connectivity index (χ1n) is 5.27. The molecule has 1 heterocycles. The summed E-state index contributed by atoms with van der Waals surface area (Å²) in [6.45, 7) is 4.84. The van der Waals surface area contributed by atoms with Crippen LogP contribution < -0.4 is 5.23 Å². The van der Waals surface area contributed by atoms with Crippen molar-refractivity contribution in [2.45, 2.75) is 26.8 Å². The van der Waals surface area contributed by atoms with Gasteiger partial charge in [0, 0.05) is 6.54 Å². The van der Waals surface area contributed by atoms with Gasteiger partial charge < -0.3 is 15.0 Å². The van der Waals surface area contributed by atoms with Crippen molar-refractivity contribution in [2.75, 3.05) is 5.23 Å². The monoisotopic (exact) mass is 220 g/mol. The van der Waals surface area contributed by atoms with Gasteiger partial charge in [0.25, 0.3) is 0 Å². The summed E-state index contributed by atoms with van der Waals surface area (Å²) in [6, 6.07) is 5.20. The highest BCUT2D eigenvalue weighted by Gasteiger charge is 2.10. The van der Waals surface area contributed by atoms with E-state index >= 15 is 0 Å². The van der Waals surface area contributed by atoms with E-state index in [9.17, 15) is 5.21 Å². The van der Waals surface area contributed by atoms with Gasteiger partial charge in [-0.3, -0.25) is 5.21 Å². The van der Waals surface area contributed by atoms with Gasteiger partial charge in [-0.05, 0) is 25.5 Å². The van der Waals surface area contributed by atoms with Crippen molar-refractivity contribution >= 4 is 16.7 Å². The van der Waals surface area contributed by atoms with Gasteiger partial charge in [-0.1, -0.05) is 13.0 Å². The maximum absolute atomic E-state index is 11.0. The van der Waals surface area contributed by atoms with Crippen LogP contribution in [0.3, 0.4) is 0 Å². The predicted molar refractivity (Wildman–Crippen MR) is 62.4 cm³/mol. The molecule has 0 atom stereocenters. The fourth-order valence-electron chi connectivity index (χ4n) is 1.91. The third-order valence-electron chi connectivity index (χ3n) is 2.60. The quantitative estimate of drug-likeness (QED) is 0.807. The van der Waals surface area contributed by atoms with Crippen molar-refractivity contribution in [3.8, 4) is 0 Å². The Morgan fingerprint density at radius 3 is 2.88 bits per heavy atom. The summed E-state index contributed by atoms with van der Waals surface area (Å²) in [5, 5.41) is 19.8. The van der Waals surface area contributed by atoms with Crippen molar-refractivity contribution < 1.29 is 5.21 Å². The topological polar surface area (TPSA) is 64.4 Å². The molecule has 1 N–H and O–H groups in total. The van der Waals surface area contributed by atoms with Crippen LogP contribution in [0.25, 0.3) is 11.0 Å². The highest BCUT2D eigenvalue weighted by atomic mass is 16.8. The van der Waals surface area contributed by atoms with E-state index in [-0.39, 0.29) is 10.9 Å². The van der Waals surface area contributed by atoms with Gasteiger partial charge in [-0.25, -0.2) is 4.98 Å². The minimum Gasteiger partial charge on any atom is -0.733 e. The molecule has 0 aliphatic rings. The van der Waals surface area contributed by atoms with Crippen LogP contribution in [0.1, 0.15) is 19.2 Å². The third-order valence-corrected chi connectivity index (χ3v) is 2.60. The molecule has 2 rings (SSSR count). The molecule has 0 aliphatic carbocycles. The van der Waals surface area contributed by atoms with Crippen molar-refractivity contribution in [3.05, 3.63) is 29.2 Å². The summed E-state index contributed by atoms with van der Waals surface area (Å²) in [7, 11) is 0. The van der Waals surface area contributed by atoms with Crippen LogP contribution in [0.4, 0.5) is 5.69 Å². The van der Waals surface area contributed by atoms with Gasteiger partial charge in [0.15, 0.2) is 0 Å². The zero-order valence-electron chi connectivity index (χ0n) is 9.34. The predicted octanol–water partition coefficient (Wildman–Crippen LogP) is 2.45. The van der Waals surface area contributed by atoms with E-state index in [1.54, 1.807) is 12.1 Å². The second-order valence-corrected chi connectivity index (χ2v) is 3.73. The largest absolute Gasteiger partial charge is 0.733 e. The minimum absolute atomic E-state index is 0.134.